The third kappa shape index (κ3) is 5.45. The van der Waals surface area contributed by atoms with E-state index in [0.717, 1.165) is 13.1 Å². The number of amides is 2. The van der Waals surface area contributed by atoms with Gasteiger partial charge in [0.1, 0.15) is 0 Å². The average molecular weight is 406 g/mol. The number of hydrogen-bond acceptors (Lipinski definition) is 3. The molecule has 0 unspecified atom stereocenters. The highest BCUT2D eigenvalue weighted by Gasteiger charge is 2.22. The maximum absolute atomic E-state index is 12.5. The van der Waals surface area contributed by atoms with Crippen LogP contribution in [0.25, 0.3) is 0 Å². The van der Waals surface area contributed by atoms with E-state index in [1.165, 1.54) is 0 Å². The molecule has 7 heteroatoms. The monoisotopic (exact) mass is 405 g/mol. The van der Waals surface area contributed by atoms with Crippen molar-refractivity contribution in [1.29, 1.82) is 0 Å². The number of rotatable bonds is 5. The molecular weight excluding hydrogens is 385 g/mol. The zero-order valence-electron chi connectivity index (χ0n) is 14.8. The molecule has 27 heavy (non-hydrogen) atoms. The number of halogens is 2. The van der Waals surface area contributed by atoms with E-state index in [0.29, 0.717) is 47.4 Å². The Bertz CT molecular complexity index is 803. The van der Waals surface area contributed by atoms with E-state index >= 15 is 0 Å². The summed E-state index contributed by atoms with van der Waals surface area (Å²) < 4.78 is 0. The lowest BCUT2D eigenvalue weighted by Crippen LogP contribution is -2.49. The minimum Gasteiger partial charge on any atom is -0.336 e. The zero-order chi connectivity index (χ0) is 19.2. The molecule has 1 heterocycles. The van der Waals surface area contributed by atoms with Gasteiger partial charge in [-0.3, -0.25) is 14.5 Å². The van der Waals surface area contributed by atoms with Gasteiger partial charge in [0, 0.05) is 49.7 Å². The van der Waals surface area contributed by atoms with Crippen molar-refractivity contribution >= 4 is 40.7 Å². The van der Waals surface area contributed by atoms with Crippen molar-refractivity contribution in [3.63, 3.8) is 0 Å². The fourth-order valence-corrected chi connectivity index (χ4v) is 3.29. The predicted molar refractivity (Wildman–Crippen MR) is 108 cm³/mol. The van der Waals surface area contributed by atoms with Crippen molar-refractivity contribution in [2.45, 2.75) is 6.42 Å². The van der Waals surface area contributed by atoms with Gasteiger partial charge in [-0.15, -0.1) is 0 Å². The van der Waals surface area contributed by atoms with Gasteiger partial charge < -0.3 is 10.2 Å². The summed E-state index contributed by atoms with van der Waals surface area (Å²) in [4.78, 5) is 28.7. The number of anilines is 1. The third-order valence-electron chi connectivity index (χ3n) is 4.55. The van der Waals surface area contributed by atoms with E-state index in [1.54, 1.807) is 36.4 Å². The number of benzene rings is 2. The highest BCUT2D eigenvalue weighted by molar-refractivity contribution is 6.33. The van der Waals surface area contributed by atoms with Gasteiger partial charge in [-0.1, -0.05) is 35.3 Å². The van der Waals surface area contributed by atoms with Crippen LogP contribution in [-0.4, -0.2) is 54.3 Å². The SMILES string of the molecule is O=C(CCN1CCN(C(=O)c2ccc(Cl)cc2)CC1)Nc1ccccc1Cl. The van der Waals surface area contributed by atoms with Crippen LogP contribution in [-0.2, 0) is 4.79 Å². The molecule has 1 N–H and O–H groups in total. The molecule has 0 bridgehead atoms. The summed E-state index contributed by atoms with van der Waals surface area (Å²) >= 11 is 11.9. The Labute approximate surface area is 168 Å². The topological polar surface area (TPSA) is 52.7 Å². The standard InChI is InChI=1S/C20H21Cl2N3O2/c21-16-7-5-15(6-8-16)20(27)25-13-11-24(12-14-25)10-9-19(26)23-18-4-2-1-3-17(18)22/h1-8H,9-14H2,(H,23,26). The second-order valence-electron chi connectivity index (χ2n) is 6.42. The molecule has 0 aromatic heterocycles. The molecule has 1 aliphatic rings. The highest BCUT2D eigenvalue weighted by Crippen LogP contribution is 2.20. The second-order valence-corrected chi connectivity index (χ2v) is 7.26. The fourth-order valence-electron chi connectivity index (χ4n) is 2.98. The predicted octanol–water partition coefficient (Wildman–Crippen LogP) is 3.78. The molecule has 3 rings (SSSR count). The first-order valence-electron chi connectivity index (χ1n) is 8.84. The maximum Gasteiger partial charge on any atom is 0.253 e. The molecule has 5 nitrogen and oxygen atoms in total. The van der Waals surface area contributed by atoms with Crippen LogP contribution in [0.15, 0.2) is 48.5 Å². The third-order valence-corrected chi connectivity index (χ3v) is 5.14. The number of carbonyl (C=O) groups is 2. The lowest BCUT2D eigenvalue weighted by molar-refractivity contribution is -0.116. The quantitative estimate of drug-likeness (QED) is 0.823. The number of hydrogen-bond donors (Lipinski definition) is 1. The molecule has 0 radical (unpaired) electrons. The van der Waals surface area contributed by atoms with E-state index in [-0.39, 0.29) is 11.8 Å². The van der Waals surface area contributed by atoms with Gasteiger partial charge >= 0.3 is 0 Å². The summed E-state index contributed by atoms with van der Waals surface area (Å²) in [6, 6.07) is 14.1. The first-order chi connectivity index (χ1) is 13.0. The summed E-state index contributed by atoms with van der Waals surface area (Å²) in [5.41, 5.74) is 1.27. The van der Waals surface area contributed by atoms with Crippen LogP contribution < -0.4 is 5.32 Å². The smallest absolute Gasteiger partial charge is 0.253 e. The molecule has 0 saturated carbocycles. The van der Waals surface area contributed by atoms with Crippen molar-refractivity contribution in [3.05, 3.63) is 64.1 Å². The van der Waals surface area contributed by atoms with Gasteiger partial charge in [-0.2, -0.15) is 0 Å². The fraction of sp³-hybridized carbons (Fsp3) is 0.300. The first-order valence-corrected chi connectivity index (χ1v) is 9.60. The molecule has 1 aliphatic heterocycles. The Hall–Kier alpha value is -2.08. The number of nitrogens with one attached hydrogen (secondary N) is 1. The van der Waals surface area contributed by atoms with Crippen LogP contribution in [0.3, 0.4) is 0 Å². The van der Waals surface area contributed by atoms with Crippen LogP contribution in [0.2, 0.25) is 10.0 Å². The van der Waals surface area contributed by atoms with Crippen LogP contribution in [0.5, 0.6) is 0 Å². The first kappa shape index (κ1) is 19.7. The van der Waals surface area contributed by atoms with Crippen LogP contribution in [0.4, 0.5) is 5.69 Å². The van der Waals surface area contributed by atoms with Gasteiger partial charge in [0.05, 0.1) is 10.7 Å². The summed E-state index contributed by atoms with van der Waals surface area (Å²) in [7, 11) is 0. The largest absolute Gasteiger partial charge is 0.336 e. The van der Waals surface area contributed by atoms with E-state index in [1.807, 2.05) is 17.0 Å². The molecular formula is C20H21Cl2N3O2. The molecule has 142 valence electrons. The van der Waals surface area contributed by atoms with Crippen LogP contribution in [0.1, 0.15) is 16.8 Å². The molecule has 0 aliphatic carbocycles. The summed E-state index contributed by atoms with van der Waals surface area (Å²) in [6.07, 6.45) is 0.385. The van der Waals surface area contributed by atoms with Crippen molar-refractivity contribution in [2.24, 2.45) is 0 Å². The van der Waals surface area contributed by atoms with Crippen LogP contribution in [0, 0.1) is 0 Å². The summed E-state index contributed by atoms with van der Waals surface area (Å²) in [6.45, 7) is 3.44. The minimum atomic E-state index is -0.0669. The maximum atomic E-state index is 12.5. The number of para-hydroxylation sites is 1. The van der Waals surface area contributed by atoms with Crippen molar-refractivity contribution in [2.75, 3.05) is 38.0 Å². The van der Waals surface area contributed by atoms with Crippen molar-refractivity contribution in [3.8, 4) is 0 Å². The number of piperazine rings is 1. The van der Waals surface area contributed by atoms with Gasteiger partial charge in [0.25, 0.3) is 5.91 Å². The Balaban J connectivity index is 1.43. The summed E-state index contributed by atoms with van der Waals surface area (Å²) in [5, 5.41) is 3.97. The molecule has 0 spiro atoms. The molecule has 1 fully saturated rings. The van der Waals surface area contributed by atoms with Crippen molar-refractivity contribution in [1.82, 2.24) is 9.80 Å². The Morgan fingerprint density at radius 1 is 0.926 bits per heavy atom. The van der Waals surface area contributed by atoms with Crippen molar-refractivity contribution < 1.29 is 9.59 Å². The Morgan fingerprint density at radius 2 is 1.59 bits per heavy atom. The van der Waals surface area contributed by atoms with Gasteiger partial charge in [0.15, 0.2) is 0 Å². The number of nitrogens with zero attached hydrogens (tertiary/aromatic N) is 2. The minimum absolute atomic E-state index is 0.0165. The van der Waals surface area contributed by atoms with E-state index in [9.17, 15) is 9.59 Å². The molecule has 2 aromatic rings. The molecule has 2 amide bonds. The van der Waals surface area contributed by atoms with Gasteiger partial charge in [0.2, 0.25) is 5.91 Å². The molecule has 2 aromatic carbocycles. The average Bonchev–Trinajstić information content (AvgIpc) is 2.69. The lowest BCUT2D eigenvalue weighted by atomic mass is 10.2. The van der Waals surface area contributed by atoms with E-state index in [2.05, 4.69) is 10.2 Å². The van der Waals surface area contributed by atoms with Gasteiger partial charge in [-0.05, 0) is 36.4 Å². The molecule has 1 saturated heterocycles. The zero-order valence-corrected chi connectivity index (χ0v) is 16.3. The van der Waals surface area contributed by atoms with Gasteiger partial charge in [-0.25, -0.2) is 0 Å². The highest BCUT2D eigenvalue weighted by atomic mass is 35.5. The second kappa shape index (κ2) is 9.22. The lowest BCUT2D eigenvalue weighted by Gasteiger charge is -2.34. The number of carbonyl (C=O) groups excluding carboxylic acids is 2. The molecule has 0 atom stereocenters. The van der Waals surface area contributed by atoms with E-state index < -0.39 is 0 Å². The van der Waals surface area contributed by atoms with Crippen LogP contribution >= 0.6 is 23.2 Å². The Morgan fingerprint density at radius 3 is 2.26 bits per heavy atom. The Kier molecular flexibility index (Phi) is 6.72. The van der Waals surface area contributed by atoms with E-state index in [4.69, 9.17) is 23.2 Å². The normalized spacial score (nSPS) is 14.8. The summed E-state index contributed by atoms with van der Waals surface area (Å²) in [5.74, 6) is -0.0504.